The van der Waals surface area contributed by atoms with Crippen molar-refractivity contribution in [3.63, 3.8) is 0 Å². The maximum absolute atomic E-state index is 3.66. The van der Waals surface area contributed by atoms with Crippen molar-refractivity contribution < 1.29 is 0 Å². The van der Waals surface area contributed by atoms with Gasteiger partial charge in [0.25, 0.3) is 0 Å². The van der Waals surface area contributed by atoms with Gasteiger partial charge in [0.1, 0.15) is 0 Å². The van der Waals surface area contributed by atoms with Crippen LogP contribution in [0.15, 0.2) is 0 Å². The largest absolute Gasteiger partial charge is 0.301 e. The van der Waals surface area contributed by atoms with Crippen molar-refractivity contribution >= 4 is 15.9 Å². The van der Waals surface area contributed by atoms with Crippen molar-refractivity contribution in [3.8, 4) is 0 Å². The molecule has 0 spiro atoms. The van der Waals surface area contributed by atoms with Crippen LogP contribution in [0, 0.1) is 0 Å². The van der Waals surface area contributed by atoms with Gasteiger partial charge in [-0.25, -0.2) is 0 Å². The van der Waals surface area contributed by atoms with Gasteiger partial charge < -0.3 is 4.90 Å². The summed E-state index contributed by atoms with van der Waals surface area (Å²) in [4.78, 5) is 3.38. The molecule has 1 fully saturated rings. The summed E-state index contributed by atoms with van der Waals surface area (Å²) in [6.07, 6.45) is 3.93. The lowest BCUT2D eigenvalue weighted by Gasteiger charge is -2.33. The highest BCUT2D eigenvalue weighted by Crippen LogP contribution is 2.19. The third-order valence-corrected chi connectivity index (χ3v) is 3.59. The number of halogens is 1. The summed E-state index contributed by atoms with van der Waals surface area (Å²) in [7, 11) is 0. The van der Waals surface area contributed by atoms with Crippen LogP contribution in [0.3, 0.4) is 0 Å². The third kappa shape index (κ3) is 2.75. The van der Waals surface area contributed by atoms with Crippen LogP contribution in [0.2, 0.25) is 0 Å². The van der Waals surface area contributed by atoms with Crippen molar-refractivity contribution in [2.75, 3.05) is 13.1 Å². The number of rotatable bonds is 2. The van der Waals surface area contributed by atoms with Crippen LogP contribution < -0.4 is 0 Å². The Morgan fingerprint density at radius 1 is 1.45 bits per heavy atom. The molecule has 1 heterocycles. The molecular weight excluding hydrogens is 202 g/mol. The van der Waals surface area contributed by atoms with E-state index in [0.29, 0.717) is 0 Å². The van der Waals surface area contributed by atoms with Crippen molar-refractivity contribution in [1.29, 1.82) is 0 Å². The van der Waals surface area contributed by atoms with Gasteiger partial charge >= 0.3 is 0 Å². The molecule has 2 heteroatoms. The molecule has 1 unspecified atom stereocenters. The molecule has 1 aliphatic heterocycles. The van der Waals surface area contributed by atoms with Gasteiger partial charge in [-0.3, -0.25) is 0 Å². The van der Waals surface area contributed by atoms with E-state index in [-0.39, 0.29) is 0 Å². The lowest BCUT2D eigenvalue weighted by Crippen LogP contribution is -2.39. The molecule has 0 radical (unpaired) electrons. The maximum Gasteiger partial charge on any atom is 0.0170 e. The lowest BCUT2D eigenvalue weighted by atomic mass is 10.1. The molecule has 0 amide bonds. The molecule has 0 aromatic rings. The SMILES string of the molecule is CCC(C)N1CCC(Br)CC1. The van der Waals surface area contributed by atoms with Gasteiger partial charge in [-0.2, -0.15) is 0 Å². The zero-order chi connectivity index (χ0) is 8.27. The second kappa shape index (κ2) is 4.46. The first-order valence-electron chi connectivity index (χ1n) is 4.62. The second-order valence-electron chi connectivity index (χ2n) is 3.47. The molecule has 1 atom stereocenters. The zero-order valence-corrected chi connectivity index (χ0v) is 9.10. The summed E-state index contributed by atoms with van der Waals surface area (Å²) in [6, 6.07) is 0.787. The summed E-state index contributed by atoms with van der Waals surface area (Å²) < 4.78 is 0. The van der Waals surface area contributed by atoms with Crippen LogP contribution in [0.1, 0.15) is 33.1 Å². The van der Waals surface area contributed by atoms with Crippen molar-refractivity contribution in [3.05, 3.63) is 0 Å². The first-order chi connectivity index (χ1) is 5.24. The fourth-order valence-electron chi connectivity index (χ4n) is 1.57. The van der Waals surface area contributed by atoms with Crippen molar-refractivity contribution in [2.24, 2.45) is 0 Å². The molecule has 11 heavy (non-hydrogen) atoms. The average molecular weight is 220 g/mol. The fraction of sp³-hybridized carbons (Fsp3) is 1.00. The molecule has 0 N–H and O–H groups in total. The Kier molecular flexibility index (Phi) is 3.86. The number of hydrogen-bond acceptors (Lipinski definition) is 1. The molecule has 0 saturated carbocycles. The van der Waals surface area contributed by atoms with E-state index in [4.69, 9.17) is 0 Å². The lowest BCUT2D eigenvalue weighted by molar-refractivity contribution is 0.174. The van der Waals surface area contributed by atoms with Gasteiger partial charge in [0, 0.05) is 10.9 Å². The highest BCUT2D eigenvalue weighted by atomic mass is 79.9. The molecule has 1 nitrogen and oxygen atoms in total. The van der Waals surface area contributed by atoms with Crippen LogP contribution in [0.4, 0.5) is 0 Å². The van der Waals surface area contributed by atoms with E-state index in [2.05, 4.69) is 34.7 Å². The van der Waals surface area contributed by atoms with E-state index in [1.807, 2.05) is 0 Å². The minimum Gasteiger partial charge on any atom is -0.301 e. The van der Waals surface area contributed by atoms with Crippen LogP contribution in [-0.4, -0.2) is 28.9 Å². The summed E-state index contributed by atoms with van der Waals surface area (Å²) in [5, 5.41) is 0. The van der Waals surface area contributed by atoms with Gasteiger partial charge in [0.05, 0.1) is 0 Å². The Morgan fingerprint density at radius 3 is 2.45 bits per heavy atom. The molecule has 0 aromatic carbocycles. The summed E-state index contributed by atoms with van der Waals surface area (Å²) in [5.41, 5.74) is 0. The van der Waals surface area contributed by atoms with Crippen LogP contribution >= 0.6 is 15.9 Å². The molecular formula is C9H18BrN. The predicted octanol–water partition coefficient (Wildman–Crippen LogP) is 2.64. The first kappa shape index (κ1) is 9.53. The average Bonchev–Trinajstić information content (AvgIpc) is 2.05. The van der Waals surface area contributed by atoms with E-state index in [1.165, 1.54) is 32.4 Å². The zero-order valence-electron chi connectivity index (χ0n) is 7.52. The number of alkyl halides is 1. The topological polar surface area (TPSA) is 3.24 Å². The smallest absolute Gasteiger partial charge is 0.0170 e. The van der Waals surface area contributed by atoms with E-state index in [9.17, 15) is 0 Å². The van der Waals surface area contributed by atoms with E-state index >= 15 is 0 Å². The van der Waals surface area contributed by atoms with Gasteiger partial charge in [-0.1, -0.05) is 22.9 Å². The maximum atomic E-state index is 3.66. The van der Waals surface area contributed by atoms with Crippen molar-refractivity contribution in [2.45, 2.75) is 44.0 Å². The Balaban J connectivity index is 2.27. The van der Waals surface area contributed by atoms with Crippen LogP contribution in [0.5, 0.6) is 0 Å². The van der Waals surface area contributed by atoms with Crippen LogP contribution in [-0.2, 0) is 0 Å². The fourth-order valence-corrected chi connectivity index (χ4v) is 1.98. The third-order valence-electron chi connectivity index (χ3n) is 2.67. The number of hydrogen-bond donors (Lipinski definition) is 0. The van der Waals surface area contributed by atoms with Gasteiger partial charge in [-0.05, 0) is 39.3 Å². The van der Waals surface area contributed by atoms with E-state index < -0.39 is 0 Å². The molecule has 0 aromatic heterocycles. The summed E-state index contributed by atoms with van der Waals surface area (Å²) in [6.45, 7) is 7.16. The number of nitrogens with zero attached hydrogens (tertiary/aromatic N) is 1. The normalized spacial score (nSPS) is 25.4. The minimum absolute atomic E-state index is 0.780. The predicted molar refractivity (Wildman–Crippen MR) is 53.3 cm³/mol. The Hall–Kier alpha value is 0.440. The minimum atomic E-state index is 0.780. The monoisotopic (exact) mass is 219 g/mol. The summed E-state index contributed by atoms with van der Waals surface area (Å²) >= 11 is 3.66. The molecule has 1 saturated heterocycles. The van der Waals surface area contributed by atoms with Gasteiger partial charge in [-0.15, -0.1) is 0 Å². The van der Waals surface area contributed by atoms with Gasteiger partial charge in [0.2, 0.25) is 0 Å². The number of piperidine rings is 1. The van der Waals surface area contributed by atoms with Crippen molar-refractivity contribution in [1.82, 2.24) is 4.90 Å². The molecule has 0 aliphatic carbocycles. The highest BCUT2D eigenvalue weighted by Gasteiger charge is 2.19. The van der Waals surface area contributed by atoms with Gasteiger partial charge in [0.15, 0.2) is 0 Å². The summed E-state index contributed by atoms with van der Waals surface area (Å²) in [5.74, 6) is 0. The van der Waals surface area contributed by atoms with E-state index in [1.54, 1.807) is 0 Å². The Bertz CT molecular complexity index is 108. The van der Waals surface area contributed by atoms with E-state index in [0.717, 1.165) is 10.9 Å². The Labute approximate surface area is 78.3 Å². The molecule has 1 aliphatic rings. The number of likely N-dealkylation sites (tertiary alicyclic amines) is 1. The Morgan fingerprint density at radius 2 is 2.00 bits per heavy atom. The quantitative estimate of drug-likeness (QED) is 0.646. The second-order valence-corrected chi connectivity index (χ2v) is 4.76. The molecule has 0 bridgehead atoms. The molecule has 1 rings (SSSR count). The first-order valence-corrected chi connectivity index (χ1v) is 5.53. The highest BCUT2D eigenvalue weighted by molar-refractivity contribution is 9.09. The standard InChI is InChI=1S/C9H18BrN/c1-3-8(2)11-6-4-9(10)5-7-11/h8-9H,3-7H2,1-2H3. The van der Waals surface area contributed by atoms with Crippen LogP contribution in [0.25, 0.3) is 0 Å². The molecule has 66 valence electrons.